The van der Waals surface area contributed by atoms with E-state index < -0.39 is 0 Å². The zero-order chi connectivity index (χ0) is 13.1. The molecular formula is C15H27NO2. The first kappa shape index (κ1) is 13.9. The second-order valence-corrected chi connectivity index (χ2v) is 6.09. The van der Waals surface area contributed by atoms with Gasteiger partial charge in [-0.05, 0) is 38.0 Å². The van der Waals surface area contributed by atoms with Gasteiger partial charge >= 0.3 is 0 Å². The van der Waals surface area contributed by atoms with Crippen LogP contribution in [0.4, 0.5) is 0 Å². The van der Waals surface area contributed by atoms with Crippen molar-refractivity contribution in [3.63, 3.8) is 0 Å². The van der Waals surface area contributed by atoms with Crippen LogP contribution in [-0.4, -0.2) is 36.6 Å². The van der Waals surface area contributed by atoms with Crippen LogP contribution < -0.4 is 0 Å². The third kappa shape index (κ3) is 2.87. The topological polar surface area (TPSA) is 29.5 Å². The van der Waals surface area contributed by atoms with Crippen LogP contribution in [0.25, 0.3) is 0 Å². The molecule has 0 saturated carbocycles. The summed E-state index contributed by atoms with van der Waals surface area (Å²) >= 11 is 0. The molecule has 3 heteroatoms. The van der Waals surface area contributed by atoms with Crippen molar-refractivity contribution in [1.82, 2.24) is 4.90 Å². The third-order valence-corrected chi connectivity index (χ3v) is 4.88. The van der Waals surface area contributed by atoms with Gasteiger partial charge in [0.05, 0.1) is 0 Å². The molecule has 2 heterocycles. The molecule has 2 rings (SSSR count). The molecule has 3 atom stereocenters. The van der Waals surface area contributed by atoms with Crippen LogP contribution in [0.1, 0.15) is 46.5 Å². The first-order valence-electron chi connectivity index (χ1n) is 7.51. The molecule has 0 spiro atoms. The summed E-state index contributed by atoms with van der Waals surface area (Å²) < 4.78 is 5.39. The molecule has 0 aliphatic carbocycles. The Morgan fingerprint density at radius 3 is 2.61 bits per heavy atom. The Balaban J connectivity index is 1.93. The molecule has 2 saturated heterocycles. The molecule has 2 fully saturated rings. The largest absolute Gasteiger partial charge is 0.381 e. The normalized spacial score (nSPS) is 31.6. The van der Waals surface area contributed by atoms with E-state index in [4.69, 9.17) is 4.74 Å². The summed E-state index contributed by atoms with van der Waals surface area (Å²) in [5, 5.41) is 0. The first-order valence-corrected chi connectivity index (χ1v) is 7.51. The minimum atomic E-state index is 0.173. The second kappa shape index (κ2) is 6.05. The van der Waals surface area contributed by atoms with E-state index in [0.29, 0.717) is 23.8 Å². The summed E-state index contributed by atoms with van der Waals surface area (Å²) in [6.45, 7) is 9.18. The number of hydrogen-bond donors (Lipinski definition) is 0. The Morgan fingerprint density at radius 1 is 1.39 bits per heavy atom. The van der Waals surface area contributed by atoms with Gasteiger partial charge in [-0.3, -0.25) is 4.79 Å². The van der Waals surface area contributed by atoms with Gasteiger partial charge in [-0.15, -0.1) is 0 Å². The number of ether oxygens (including phenoxy) is 1. The van der Waals surface area contributed by atoms with E-state index in [9.17, 15) is 4.79 Å². The van der Waals surface area contributed by atoms with Crippen molar-refractivity contribution in [1.29, 1.82) is 0 Å². The van der Waals surface area contributed by atoms with E-state index in [0.717, 1.165) is 32.6 Å². The highest BCUT2D eigenvalue weighted by molar-refractivity contribution is 5.79. The molecule has 104 valence electrons. The highest BCUT2D eigenvalue weighted by atomic mass is 16.5. The number of nitrogens with zero attached hydrogens (tertiary/aromatic N) is 1. The summed E-state index contributed by atoms with van der Waals surface area (Å²) in [6.07, 6.45) is 4.47. The van der Waals surface area contributed by atoms with Gasteiger partial charge in [-0.2, -0.15) is 0 Å². The maximum atomic E-state index is 12.6. The molecule has 0 aromatic carbocycles. The van der Waals surface area contributed by atoms with E-state index in [1.807, 2.05) is 0 Å². The molecule has 0 bridgehead atoms. The monoisotopic (exact) mass is 253 g/mol. The van der Waals surface area contributed by atoms with Crippen LogP contribution in [0.15, 0.2) is 0 Å². The zero-order valence-electron chi connectivity index (χ0n) is 12.0. The number of carbonyl (C=O) groups is 1. The Hall–Kier alpha value is -0.570. The highest BCUT2D eigenvalue weighted by Crippen LogP contribution is 2.30. The van der Waals surface area contributed by atoms with Crippen LogP contribution in [0.2, 0.25) is 0 Å². The summed E-state index contributed by atoms with van der Waals surface area (Å²) in [6, 6.07) is 0.435. The van der Waals surface area contributed by atoms with Crippen molar-refractivity contribution in [3.8, 4) is 0 Å². The average Bonchev–Trinajstić information content (AvgIpc) is 2.79. The van der Waals surface area contributed by atoms with Crippen molar-refractivity contribution >= 4 is 5.91 Å². The van der Waals surface area contributed by atoms with Gasteiger partial charge in [0.15, 0.2) is 0 Å². The fraction of sp³-hybridized carbons (Fsp3) is 0.933. The van der Waals surface area contributed by atoms with Gasteiger partial charge in [0.1, 0.15) is 0 Å². The molecule has 2 aliphatic rings. The number of likely N-dealkylation sites (tertiary alicyclic amines) is 1. The van der Waals surface area contributed by atoms with Crippen molar-refractivity contribution in [2.75, 3.05) is 19.8 Å². The molecule has 0 aromatic heterocycles. The Kier molecular flexibility index (Phi) is 4.66. The minimum absolute atomic E-state index is 0.173. The average molecular weight is 253 g/mol. The van der Waals surface area contributed by atoms with Crippen molar-refractivity contribution in [2.24, 2.45) is 17.8 Å². The van der Waals surface area contributed by atoms with E-state index in [1.165, 1.54) is 12.8 Å². The van der Waals surface area contributed by atoms with Gasteiger partial charge in [0.2, 0.25) is 5.91 Å². The molecular weight excluding hydrogens is 226 g/mol. The number of carbonyl (C=O) groups excluding carboxylic acids is 1. The molecule has 0 N–H and O–H groups in total. The fourth-order valence-electron chi connectivity index (χ4n) is 3.42. The highest BCUT2D eigenvalue weighted by Gasteiger charge is 2.36. The molecule has 18 heavy (non-hydrogen) atoms. The molecule has 1 amide bonds. The molecule has 2 aliphatic heterocycles. The lowest BCUT2D eigenvalue weighted by Crippen LogP contribution is -2.41. The van der Waals surface area contributed by atoms with Crippen molar-refractivity contribution < 1.29 is 9.53 Å². The quantitative estimate of drug-likeness (QED) is 0.774. The Bertz CT molecular complexity index is 286. The van der Waals surface area contributed by atoms with E-state index in [1.54, 1.807) is 0 Å². The smallest absolute Gasteiger partial charge is 0.225 e. The van der Waals surface area contributed by atoms with E-state index in [2.05, 4.69) is 25.7 Å². The van der Waals surface area contributed by atoms with Crippen molar-refractivity contribution in [3.05, 3.63) is 0 Å². The van der Waals surface area contributed by atoms with Crippen molar-refractivity contribution in [2.45, 2.75) is 52.5 Å². The Labute approximate surface area is 111 Å². The van der Waals surface area contributed by atoms with Gasteiger partial charge in [-0.25, -0.2) is 0 Å². The summed E-state index contributed by atoms with van der Waals surface area (Å²) in [7, 11) is 0. The maximum Gasteiger partial charge on any atom is 0.225 e. The lowest BCUT2D eigenvalue weighted by atomic mass is 9.86. The minimum Gasteiger partial charge on any atom is -0.381 e. The SMILES string of the molecule is CCC1CC(C)N(C(=O)C(C)C2CCOCC2)C1. The predicted molar refractivity (Wildman–Crippen MR) is 72.3 cm³/mol. The van der Waals surface area contributed by atoms with Gasteiger partial charge < -0.3 is 9.64 Å². The molecule has 3 nitrogen and oxygen atoms in total. The summed E-state index contributed by atoms with van der Waals surface area (Å²) in [5.41, 5.74) is 0. The zero-order valence-corrected chi connectivity index (χ0v) is 12.0. The maximum absolute atomic E-state index is 12.6. The number of hydrogen-bond acceptors (Lipinski definition) is 2. The van der Waals surface area contributed by atoms with Crippen LogP contribution in [0.3, 0.4) is 0 Å². The lowest BCUT2D eigenvalue weighted by molar-refractivity contribution is -0.138. The summed E-state index contributed by atoms with van der Waals surface area (Å²) in [5.74, 6) is 1.79. The number of rotatable bonds is 3. The van der Waals surface area contributed by atoms with Gasteiger partial charge in [0, 0.05) is 31.7 Å². The standard InChI is InChI=1S/C15H27NO2/c1-4-13-9-11(2)16(10-13)15(17)12(3)14-5-7-18-8-6-14/h11-14H,4-10H2,1-3H3. The van der Waals surface area contributed by atoms with Crippen LogP contribution in [-0.2, 0) is 9.53 Å². The fourth-order valence-corrected chi connectivity index (χ4v) is 3.42. The lowest BCUT2D eigenvalue weighted by Gasteiger charge is -2.31. The molecule has 0 aromatic rings. The summed E-state index contributed by atoms with van der Waals surface area (Å²) in [4.78, 5) is 14.7. The van der Waals surface area contributed by atoms with Gasteiger partial charge in [0.25, 0.3) is 0 Å². The predicted octanol–water partition coefficient (Wildman–Crippen LogP) is 2.70. The molecule has 3 unspecified atom stereocenters. The number of amides is 1. The van der Waals surface area contributed by atoms with E-state index in [-0.39, 0.29) is 5.92 Å². The second-order valence-electron chi connectivity index (χ2n) is 6.09. The van der Waals surface area contributed by atoms with Crippen LogP contribution in [0, 0.1) is 17.8 Å². The van der Waals surface area contributed by atoms with Crippen LogP contribution >= 0.6 is 0 Å². The molecule has 0 radical (unpaired) electrons. The van der Waals surface area contributed by atoms with Crippen LogP contribution in [0.5, 0.6) is 0 Å². The Morgan fingerprint density at radius 2 is 2.06 bits per heavy atom. The third-order valence-electron chi connectivity index (χ3n) is 4.88. The van der Waals surface area contributed by atoms with Gasteiger partial charge in [-0.1, -0.05) is 20.3 Å². The van der Waals surface area contributed by atoms with E-state index >= 15 is 0 Å². The first-order chi connectivity index (χ1) is 8.63.